The molecule has 17 heavy (non-hydrogen) atoms. The molecule has 2 aliphatic heterocycles. The molecule has 2 fully saturated rings. The number of fused-ring (bicyclic) bond motifs is 1. The lowest BCUT2D eigenvalue weighted by molar-refractivity contribution is 0.318. The average Bonchev–Trinajstić information content (AvgIpc) is 2.94. The highest BCUT2D eigenvalue weighted by atomic mass is 15.2. The summed E-state index contributed by atoms with van der Waals surface area (Å²) in [7, 11) is 0. The molecule has 2 unspecified atom stereocenters. The van der Waals surface area contributed by atoms with E-state index in [0.29, 0.717) is 12.1 Å². The van der Waals surface area contributed by atoms with Crippen LogP contribution in [-0.4, -0.2) is 30.1 Å². The lowest BCUT2D eigenvalue weighted by Gasteiger charge is -2.22. The number of hydrogen-bond acceptors (Lipinski definition) is 3. The van der Waals surface area contributed by atoms with Gasteiger partial charge >= 0.3 is 0 Å². The molecule has 2 aliphatic rings. The summed E-state index contributed by atoms with van der Waals surface area (Å²) in [4.78, 5) is 2.59. The molecule has 1 aromatic carbocycles. The van der Waals surface area contributed by atoms with Gasteiger partial charge in [-0.1, -0.05) is 6.07 Å². The standard InChI is InChI=1S/C14H17N3/c15-10-11-3-1-4-12(9-11)16-13-6-8-17-7-2-5-14(13)17/h1,3-4,9,13-14,16H,2,5-8H2. The predicted octanol–water partition coefficient (Wildman–Crippen LogP) is 2.21. The quantitative estimate of drug-likeness (QED) is 0.842. The molecule has 2 atom stereocenters. The van der Waals surface area contributed by atoms with Gasteiger partial charge in [-0.3, -0.25) is 4.90 Å². The molecule has 0 amide bonds. The van der Waals surface area contributed by atoms with Gasteiger partial charge in [0.25, 0.3) is 0 Å². The molecule has 88 valence electrons. The van der Waals surface area contributed by atoms with Crippen molar-refractivity contribution in [3.05, 3.63) is 29.8 Å². The van der Waals surface area contributed by atoms with Crippen LogP contribution < -0.4 is 5.32 Å². The van der Waals surface area contributed by atoms with E-state index in [0.717, 1.165) is 11.3 Å². The Morgan fingerprint density at radius 1 is 1.29 bits per heavy atom. The highest BCUT2D eigenvalue weighted by Crippen LogP contribution is 2.30. The van der Waals surface area contributed by atoms with Gasteiger partial charge < -0.3 is 5.32 Å². The number of nitrogens with one attached hydrogen (secondary N) is 1. The Morgan fingerprint density at radius 3 is 3.12 bits per heavy atom. The maximum absolute atomic E-state index is 8.89. The first-order valence-corrected chi connectivity index (χ1v) is 6.37. The maximum atomic E-state index is 8.89. The Balaban J connectivity index is 1.72. The molecule has 3 heteroatoms. The van der Waals surface area contributed by atoms with Crippen LogP contribution in [0.25, 0.3) is 0 Å². The van der Waals surface area contributed by atoms with Crippen LogP contribution in [0, 0.1) is 11.3 Å². The van der Waals surface area contributed by atoms with Gasteiger partial charge in [0.05, 0.1) is 11.6 Å². The van der Waals surface area contributed by atoms with E-state index < -0.39 is 0 Å². The Morgan fingerprint density at radius 2 is 2.24 bits per heavy atom. The van der Waals surface area contributed by atoms with Crippen molar-refractivity contribution in [2.24, 2.45) is 0 Å². The van der Waals surface area contributed by atoms with Crippen LogP contribution in [0.4, 0.5) is 5.69 Å². The summed E-state index contributed by atoms with van der Waals surface area (Å²) in [5.74, 6) is 0. The summed E-state index contributed by atoms with van der Waals surface area (Å²) in [6.07, 6.45) is 3.87. The predicted molar refractivity (Wildman–Crippen MR) is 67.8 cm³/mol. The van der Waals surface area contributed by atoms with Crippen molar-refractivity contribution < 1.29 is 0 Å². The van der Waals surface area contributed by atoms with Crippen LogP contribution in [-0.2, 0) is 0 Å². The van der Waals surface area contributed by atoms with E-state index in [1.807, 2.05) is 18.2 Å². The van der Waals surface area contributed by atoms with Crippen LogP contribution in [0.2, 0.25) is 0 Å². The molecule has 1 N–H and O–H groups in total. The number of hydrogen-bond donors (Lipinski definition) is 1. The fraction of sp³-hybridized carbons (Fsp3) is 0.500. The number of benzene rings is 1. The molecule has 0 aromatic heterocycles. The minimum absolute atomic E-state index is 0.562. The van der Waals surface area contributed by atoms with Gasteiger partial charge in [0.2, 0.25) is 0 Å². The minimum atomic E-state index is 0.562. The van der Waals surface area contributed by atoms with Gasteiger partial charge in [-0.05, 0) is 44.0 Å². The molecule has 3 nitrogen and oxygen atoms in total. The lowest BCUT2D eigenvalue weighted by atomic mass is 10.1. The second-order valence-electron chi connectivity index (χ2n) is 4.98. The molecule has 0 aliphatic carbocycles. The van der Waals surface area contributed by atoms with Crippen molar-refractivity contribution in [3.63, 3.8) is 0 Å². The zero-order chi connectivity index (χ0) is 11.7. The molecule has 3 rings (SSSR count). The molecule has 2 saturated heterocycles. The SMILES string of the molecule is N#Cc1cccc(NC2CCN3CCCC23)c1. The molecular weight excluding hydrogens is 210 g/mol. The smallest absolute Gasteiger partial charge is 0.0992 e. The van der Waals surface area contributed by atoms with E-state index in [4.69, 9.17) is 5.26 Å². The number of anilines is 1. The first kappa shape index (κ1) is 10.6. The van der Waals surface area contributed by atoms with Gasteiger partial charge in [-0.2, -0.15) is 5.26 Å². The van der Waals surface area contributed by atoms with Crippen molar-refractivity contribution in [2.45, 2.75) is 31.3 Å². The number of nitrogens with zero attached hydrogens (tertiary/aromatic N) is 2. The van der Waals surface area contributed by atoms with Crippen LogP contribution in [0.3, 0.4) is 0 Å². The van der Waals surface area contributed by atoms with Gasteiger partial charge in [-0.25, -0.2) is 0 Å². The average molecular weight is 227 g/mol. The number of rotatable bonds is 2. The van der Waals surface area contributed by atoms with Gasteiger partial charge in [0.15, 0.2) is 0 Å². The largest absolute Gasteiger partial charge is 0.381 e. The summed E-state index contributed by atoms with van der Waals surface area (Å²) in [5.41, 5.74) is 1.82. The molecular formula is C14H17N3. The summed E-state index contributed by atoms with van der Waals surface area (Å²) in [6, 6.07) is 11.3. The Labute approximate surface area is 102 Å². The summed E-state index contributed by atoms with van der Waals surface area (Å²) >= 11 is 0. The van der Waals surface area contributed by atoms with E-state index in [1.54, 1.807) is 0 Å². The van der Waals surface area contributed by atoms with Crippen LogP contribution in [0.15, 0.2) is 24.3 Å². The van der Waals surface area contributed by atoms with Crippen molar-refractivity contribution in [2.75, 3.05) is 18.4 Å². The topological polar surface area (TPSA) is 39.1 Å². The van der Waals surface area contributed by atoms with Crippen molar-refractivity contribution in [1.29, 1.82) is 5.26 Å². The fourth-order valence-corrected chi connectivity index (χ4v) is 3.14. The Bertz CT molecular complexity index is 449. The normalized spacial score (nSPS) is 27.7. The highest BCUT2D eigenvalue weighted by Gasteiger charge is 2.36. The Hall–Kier alpha value is -1.53. The zero-order valence-corrected chi connectivity index (χ0v) is 9.89. The third-order valence-electron chi connectivity index (χ3n) is 3.95. The third-order valence-corrected chi connectivity index (χ3v) is 3.95. The first-order chi connectivity index (χ1) is 8.36. The van der Waals surface area contributed by atoms with Crippen molar-refractivity contribution >= 4 is 5.69 Å². The minimum Gasteiger partial charge on any atom is -0.381 e. The molecule has 0 radical (unpaired) electrons. The van der Waals surface area contributed by atoms with Crippen LogP contribution >= 0.6 is 0 Å². The van der Waals surface area contributed by atoms with Crippen LogP contribution in [0.1, 0.15) is 24.8 Å². The zero-order valence-electron chi connectivity index (χ0n) is 9.89. The van der Waals surface area contributed by atoms with E-state index in [2.05, 4.69) is 22.4 Å². The Kier molecular flexibility index (Phi) is 2.74. The summed E-state index contributed by atoms with van der Waals surface area (Å²) < 4.78 is 0. The summed E-state index contributed by atoms with van der Waals surface area (Å²) in [6.45, 7) is 2.49. The molecule has 0 spiro atoms. The third kappa shape index (κ3) is 2.01. The highest BCUT2D eigenvalue weighted by molar-refractivity contribution is 5.50. The molecule has 0 saturated carbocycles. The van der Waals surface area contributed by atoms with Crippen LogP contribution in [0.5, 0.6) is 0 Å². The second kappa shape index (κ2) is 4.38. The van der Waals surface area contributed by atoms with Gasteiger partial charge in [0.1, 0.15) is 0 Å². The summed E-state index contributed by atoms with van der Waals surface area (Å²) in [5, 5.41) is 12.5. The monoisotopic (exact) mass is 227 g/mol. The van der Waals surface area contributed by atoms with E-state index >= 15 is 0 Å². The lowest BCUT2D eigenvalue weighted by Crippen LogP contribution is -2.33. The van der Waals surface area contributed by atoms with Gasteiger partial charge in [-0.15, -0.1) is 0 Å². The van der Waals surface area contributed by atoms with E-state index in [1.165, 1.54) is 32.4 Å². The number of nitriles is 1. The van der Waals surface area contributed by atoms with Gasteiger partial charge in [0, 0.05) is 24.3 Å². The second-order valence-corrected chi connectivity index (χ2v) is 4.98. The van der Waals surface area contributed by atoms with Crippen molar-refractivity contribution in [3.8, 4) is 6.07 Å². The maximum Gasteiger partial charge on any atom is 0.0992 e. The first-order valence-electron chi connectivity index (χ1n) is 6.37. The van der Waals surface area contributed by atoms with E-state index in [9.17, 15) is 0 Å². The van der Waals surface area contributed by atoms with Crippen molar-refractivity contribution in [1.82, 2.24) is 4.90 Å². The molecule has 2 heterocycles. The van der Waals surface area contributed by atoms with E-state index in [-0.39, 0.29) is 0 Å². The molecule has 1 aromatic rings. The fourth-order valence-electron chi connectivity index (χ4n) is 3.14. The molecule has 0 bridgehead atoms.